The van der Waals surface area contributed by atoms with Crippen molar-refractivity contribution < 1.29 is 4.42 Å². The average Bonchev–Trinajstić information content (AvgIpc) is 2.78. The van der Waals surface area contributed by atoms with Gasteiger partial charge in [0.15, 0.2) is 0 Å². The van der Waals surface area contributed by atoms with Crippen molar-refractivity contribution in [1.82, 2.24) is 9.80 Å². The quantitative estimate of drug-likeness (QED) is 0.884. The number of hydrogen-bond acceptors (Lipinski definition) is 4. The van der Waals surface area contributed by atoms with E-state index in [1.165, 1.54) is 32.5 Å². The topological polar surface area (TPSA) is 45.6 Å². The molecule has 2 N–H and O–H groups in total. The molecule has 1 saturated heterocycles. The Morgan fingerprint density at radius 3 is 2.63 bits per heavy atom. The van der Waals surface area contributed by atoms with E-state index in [4.69, 9.17) is 10.2 Å². The lowest BCUT2D eigenvalue weighted by Crippen LogP contribution is -2.42. The fourth-order valence-corrected chi connectivity index (χ4v) is 2.92. The molecule has 2 heterocycles. The highest BCUT2D eigenvalue weighted by Crippen LogP contribution is 2.20. The van der Waals surface area contributed by atoms with Crippen molar-refractivity contribution in [2.75, 3.05) is 26.7 Å². The second-order valence-corrected chi connectivity index (χ2v) is 5.58. The van der Waals surface area contributed by atoms with E-state index in [0.29, 0.717) is 12.6 Å². The van der Waals surface area contributed by atoms with Gasteiger partial charge in [-0.2, -0.15) is 0 Å². The van der Waals surface area contributed by atoms with Gasteiger partial charge < -0.3 is 15.1 Å². The number of nitrogens with zero attached hydrogens (tertiary/aromatic N) is 2. The second-order valence-electron chi connectivity index (χ2n) is 5.58. The molecule has 2 rings (SSSR count). The van der Waals surface area contributed by atoms with Gasteiger partial charge in [-0.25, -0.2) is 0 Å². The van der Waals surface area contributed by atoms with Gasteiger partial charge in [0.25, 0.3) is 0 Å². The van der Waals surface area contributed by atoms with Gasteiger partial charge in [0.05, 0.1) is 6.54 Å². The summed E-state index contributed by atoms with van der Waals surface area (Å²) in [5.74, 6) is 2.00. The summed E-state index contributed by atoms with van der Waals surface area (Å²) in [5, 5.41) is 0. The molecule has 0 aliphatic carbocycles. The highest BCUT2D eigenvalue weighted by Gasteiger charge is 2.22. The third kappa shape index (κ3) is 3.59. The molecule has 4 nitrogen and oxygen atoms in total. The van der Waals surface area contributed by atoms with Crippen molar-refractivity contribution >= 4 is 0 Å². The summed E-state index contributed by atoms with van der Waals surface area (Å²) in [7, 11) is 2.20. The zero-order valence-electron chi connectivity index (χ0n) is 12.5. The Balaban J connectivity index is 1.88. The average molecular weight is 265 g/mol. The zero-order valence-corrected chi connectivity index (χ0v) is 12.5. The minimum Gasteiger partial charge on any atom is -0.465 e. The first-order chi connectivity index (χ1) is 9.13. The maximum absolute atomic E-state index is 5.78. The van der Waals surface area contributed by atoms with Crippen molar-refractivity contribution in [3.05, 3.63) is 23.2 Å². The van der Waals surface area contributed by atoms with Crippen LogP contribution in [-0.4, -0.2) is 42.5 Å². The van der Waals surface area contributed by atoms with Crippen molar-refractivity contribution in [2.45, 2.75) is 45.8 Å². The molecular formula is C15H27N3O. The third-order valence-corrected chi connectivity index (χ3v) is 4.32. The zero-order chi connectivity index (χ0) is 13.8. The minimum absolute atomic E-state index is 0.563. The van der Waals surface area contributed by atoms with Gasteiger partial charge in [-0.1, -0.05) is 6.92 Å². The van der Waals surface area contributed by atoms with Gasteiger partial charge in [0, 0.05) is 18.2 Å². The number of hydrogen-bond donors (Lipinski definition) is 1. The van der Waals surface area contributed by atoms with Crippen LogP contribution >= 0.6 is 0 Å². The SMILES string of the molecule is CCN1CCC(N(C)Cc2cc(CN)c(C)o2)CC1. The Labute approximate surface area is 116 Å². The molecule has 1 aliphatic rings. The summed E-state index contributed by atoms with van der Waals surface area (Å²) >= 11 is 0. The van der Waals surface area contributed by atoms with E-state index in [1.54, 1.807) is 0 Å². The number of piperidine rings is 1. The lowest BCUT2D eigenvalue weighted by Gasteiger charge is -2.35. The number of aryl methyl sites for hydroxylation is 1. The second kappa shape index (κ2) is 6.55. The molecule has 0 saturated carbocycles. The summed E-state index contributed by atoms with van der Waals surface area (Å²) in [4.78, 5) is 4.94. The van der Waals surface area contributed by atoms with Gasteiger partial charge in [-0.3, -0.25) is 4.90 Å². The van der Waals surface area contributed by atoms with E-state index >= 15 is 0 Å². The smallest absolute Gasteiger partial charge is 0.118 e. The van der Waals surface area contributed by atoms with Crippen LogP contribution < -0.4 is 5.73 Å². The summed E-state index contributed by atoms with van der Waals surface area (Å²) in [6.45, 7) is 9.29. The van der Waals surface area contributed by atoms with E-state index < -0.39 is 0 Å². The van der Waals surface area contributed by atoms with Gasteiger partial charge >= 0.3 is 0 Å². The minimum atomic E-state index is 0.563. The van der Waals surface area contributed by atoms with Crippen LogP contribution in [0.3, 0.4) is 0 Å². The van der Waals surface area contributed by atoms with Crippen molar-refractivity contribution in [2.24, 2.45) is 5.73 Å². The van der Waals surface area contributed by atoms with Crippen LogP contribution in [0.1, 0.15) is 36.8 Å². The van der Waals surface area contributed by atoms with E-state index in [1.807, 2.05) is 6.92 Å². The molecule has 0 aromatic carbocycles. The number of likely N-dealkylation sites (tertiary alicyclic amines) is 1. The molecule has 1 aromatic rings. The summed E-state index contributed by atoms with van der Waals surface area (Å²) in [5.41, 5.74) is 6.82. The van der Waals surface area contributed by atoms with Crippen LogP contribution in [0.25, 0.3) is 0 Å². The monoisotopic (exact) mass is 265 g/mol. The van der Waals surface area contributed by atoms with Gasteiger partial charge in [-0.15, -0.1) is 0 Å². The Morgan fingerprint density at radius 2 is 2.11 bits per heavy atom. The normalized spacial score (nSPS) is 18.4. The molecule has 108 valence electrons. The Kier molecular flexibility index (Phi) is 5.02. The maximum Gasteiger partial charge on any atom is 0.118 e. The van der Waals surface area contributed by atoms with Crippen LogP contribution in [0.2, 0.25) is 0 Å². The lowest BCUT2D eigenvalue weighted by atomic mass is 10.0. The first kappa shape index (κ1) is 14.6. The number of nitrogens with two attached hydrogens (primary N) is 1. The van der Waals surface area contributed by atoms with Crippen molar-refractivity contribution in [3.8, 4) is 0 Å². The number of rotatable bonds is 5. The molecular weight excluding hydrogens is 238 g/mol. The third-order valence-electron chi connectivity index (χ3n) is 4.32. The van der Waals surface area contributed by atoms with Crippen molar-refractivity contribution in [1.29, 1.82) is 0 Å². The predicted molar refractivity (Wildman–Crippen MR) is 77.9 cm³/mol. The molecule has 0 unspecified atom stereocenters. The molecule has 1 fully saturated rings. The predicted octanol–water partition coefficient (Wildman–Crippen LogP) is 1.96. The maximum atomic E-state index is 5.78. The Bertz CT molecular complexity index is 394. The van der Waals surface area contributed by atoms with Crippen LogP contribution in [0.5, 0.6) is 0 Å². The van der Waals surface area contributed by atoms with E-state index in [2.05, 4.69) is 29.8 Å². The van der Waals surface area contributed by atoms with Gasteiger partial charge in [0.1, 0.15) is 11.5 Å². The first-order valence-electron chi connectivity index (χ1n) is 7.34. The lowest BCUT2D eigenvalue weighted by molar-refractivity contribution is 0.121. The molecule has 0 amide bonds. The van der Waals surface area contributed by atoms with Crippen LogP contribution in [0, 0.1) is 6.92 Å². The molecule has 0 atom stereocenters. The summed E-state index contributed by atoms with van der Waals surface area (Å²) in [6, 6.07) is 2.78. The van der Waals surface area contributed by atoms with Crippen LogP contribution in [0.4, 0.5) is 0 Å². The van der Waals surface area contributed by atoms with E-state index in [-0.39, 0.29) is 0 Å². The molecule has 0 bridgehead atoms. The molecule has 4 heteroatoms. The molecule has 1 aromatic heterocycles. The number of furan rings is 1. The largest absolute Gasteiger partial charge is 0.465 e. The van der Waals surface area contributed by atoms with Crippen LogP contribution in [0.15, 0.2) is 10.5 Å². The Morgan fingerprint density at radius 1 is 1.42 bits per heavy atom. The Hall–Kier alpha value is -0.840. The van der Waals surface area contributed by atoms with E-state index in [9.17, 15) is 0 Å². The van der Waals surface area contributed by atoms with Gasteiger partial charge in [0.2, 0.25) is 0 Å². The van der Waals surface area contributed by atoms with Crippen LogP contribution in [-0.2, 0) is 13.1 Å². The molecule has 0 spiro atoms. The molecule has 0 radical (unpaired) electrons. The standard InChI is InChI=1S/C15H27N3O/c1-4-18-7-5-14(6-8-18)17(3)11-15-9-13(10-16)12(2)19-15/h9,14H,4-8,10-11,16H2,1-3H3. The van der Waals surface area contributed by atoms with E-state index in [0.717, 1.165) is 23.6 Å². The molecule has 19 heavy (non-hydrogen) atoms. The summed E-state index contributed by atoms with van der Waals surface area (Å²) in [6.07, 6.45) is 2.52. The van der Waals surface area contributed by atoms with Gasteiger partial charge in [-0.05, 0) is 52.5 Å². The molecule has 1 aliphatic heterocycles. The van der Waals surface area contributed by atoms with Crippen molar-refractivity contribution in [3.63, 3.8) is 0 Å². The highest BCUT2D eigenvalue weighted by molar-refractivity contribution is 5.20. The fraction of sp³-hybridized carbons (Fsp3) is 0.733. The fourth-order valence-electron chi connectivity index (χ4n) is 2.92. The highest BCUT2D eigenvalue weighted by atomic mass is 16.3. The first-order valence-corrected chi connectivity index (χ1v) is 7.34. The summed E-state index contributed by atoms with van der Waals surface area (Å²) < 4.78 is 5.78.